The predicted octanol–water partition coefficient (Wildman–Crippen LogP) is 4.43. The van der Waals surface area contributed by atoms with Gasteiger partial charge in [-0.05, 0) is 48.4 Å². The van der Waals surface area contributed by atoms with Crippen LogP contribution in [0, 0.1) is 18.3 Å². The van der Waals surface area contributed by atoms with Crippen molar-refractivity contribution in [2.45, 2.75) is 6.92 Å². The first kappa shape index (κ1) is 14.8. The second kappa shape index (κ2) is 5.69. The van der Waals surface area contributed by atoms with E-state index in [0.29, 0.717) is 22.9 Å². The Bertz CT molecular complexity index is 1030. The lowest BCUT2D eigenvalue weighted by atomic mass is 10.1. The number of benzene rings is 2. The Hall–Kier alpha value is -2.78. The van der Waals surface area contributed by atoms with E-state index in [1.54, 1.807) is 6.08 Å². The van der Waals surface area contributed by atoms with Gasteiger partial charge in [0.05, 0.1) is 16.6 Å². The van der Waals surface area contributed by atoms with Crippen molar-refractivity contribution in [2.24, 2.45) is 0 Å². The SMILES string of the molecule is Cc1ccc2nc(/C(C#N)=C/c3cc4c(cc3Br)OCO4)[nH]c2c1. The normalized spacial score (nSPS) is 13.3. The molecule has 0 saturated carbocycles. The highest BCUT2D eigenvalue weighted by molar-refractivity contribution is 9.10. The molecule has 3 aromatic rings. The number of aryl methyl sites for hydroxylation is 1. The van der Waals surface area contributed by atoms with Crippen molar-refractivity contribution in [1.82, 2.24) is 9.97 Å². The number of nitriles is 1. The van der Waals surface area contributed by atoms with Crippen LogP contribution in [0.25, 0.3) is 22.7 Å². The quantitative estimate of drug-likeness (QED) is 0.666. The van der Waals surface area contributed by atoms with Gasteiger partial charge in [-0.2, -0.15) is 5.26 Å². The molecule has 2 aromatic carbocycles. The number of fused-ring (bicyclic) bond motifs is 2. The first-order chi connectivity index (χ1) is 11.6. The van der Waals surface area contributed by atoms with Crippen molar-refractivity contribution in [3.05, 3.63) is 51.8 Å². The average Bonchev–Trinajstić information content (AvgIpc) is 3.17. The molecule has 0 saturated heterocycles. The van der Waals surface area contributed by atoms with Crippen LogP contribution in [-0.2, 0) is 0 Å². The van der Waals surface area contributed by atoms with Gasteiger partial charge in [0.15, 0.2) is 11.5 Å². The molecule has 4 rings (SSSR count). The molecule has 1 aliphatic rings. The molecule has 6 heteroatoms. The number of hydrogen-bond donors (Lipinski definition) is 1. The van der Waals surface area contributed by atoms with Gasteiger partial charge in [0.25, 0.3) is 0 Å². The van der Waals surface area contributed by atoms with Crippen LogP contribution in [0.2, 0.25) is 0 Å². The minimum atomic E-state index is 0.211. The van der Waals surface area contributed by atoms with E-state index in [1.165, 1.54) is 0 Å². The van der Waals surface area contributed by atoms with Crippen LogP contribution in [-0.4, -0.2) is 16.8 Å². The number of imidazole rings is 1. The number of aromatic amines is 1. The maximum Gasteiger partial charge on any atom is 0.231 e. The number of hydrogen-bond acceptors (Lipinski definition) is 4. The van der Waals surface area contributed by atoms with Crippen LogP contribution in [0.3, 0.4) is 0 Å². The molecule has 0 spiro atoms. The maximum atomic E-state index is 9.56. The van der Waals surface area contributed by atoms with Crippen LogP contribution < -0.4 is 9.47 Å². The van der Waals surface area contributed by atoms with Crippen molar-refractivity contribution >= 4 is 38.6 Å². The first-order valence-corrected chi connectivity index (χ1v) is 8.11. The van der Waals surface area contributed by atoms with Crippen LogP contribution >= 0.6 is 15.9 Å². The summed E-state index contributed by atoms with van der Waals surface area (Å²) in [4.78, 5) is 7.71. The molecule has 5 nitrogen and oxygen atoms in total. The van der Waals surface area contributed by atoms with E-state index in [4.69, 9.17) is 9.47 Å². The number of H-pyrrole nitrogens is 1. The van der Waals surface area contributed by atoms with E-state index in [9.17, 15) is 5.26 Å². The summed E-state index contributed by atoms with van der Waals surface area (Å²) in [7, 11) is 0. The van der Waals surface area contributed by atoms with Gasteiger partial charge in [0.1, 0.15) is 11.9 Å². The molecule has 118 valence electrons. The Morgan fingerprint density at radius 3 is 2.88 bits per heavy atom. The highest BCUT2D eigenvalue weighted by atomic mass is 79.9. The summed E-state index contributed by atoms with van der Waals surface area (Å²) in [6.45, 7) is 2.23. The van der Waals surface area contributed by atoms with Gasteiger partial charge in [-0.1, -0.05) is 22.0 Å². The lowest BCUT2D eigenvalue weighted by Gasteiger charge is -2.02. The van der Waals surface area contributed by atoms with Crippen molar-refractivity contribution < 1.29 is 9.47 Å². The second-order valence-corrected chi connectivity index (χ2v) is 6.36. The zero-order valence-electron chi connectivity index (χ0n) is 12.8. The Morgan fingerprint density at radius 1 is 1.29 bits per heavy atom. The van der Waals surface area contributed by atoms with Crippen molar-refractivity contribution in [3.8, 4) is 17.6 Å². The molecule has 0 unspecified atom stereocenters. The Morgan fingerprint density at radius 2 is 2.08 bits per heavy atom. The van der Waals surface area contributed by atoms with Crippen LogP contribution in [0.5, 0.6) is 11.5 Å². The molecule has 24 heavy (non-hydrogen) atoms. The number of nitrogens with zero attached hydrogens (tertiary/aromatic N) is 2. The summed E-state index contributed by atoms with van der Waals surface area (Å²) < 4.78 is 11.6. The fraction of sp³-hybridized carbons (Fsp3) is 0.111. The van der Waals surface area contributed by atoms with E-state index >= 15 is 0 Å². The predicted molar refractivity (Wildman–Crippen MR) is 94.6 cm³/mol. The van der Waals surface area contributed by atoms with Gasteiger partial charge in [0.2, 0.25) is 6.79 Å². The summed E-state index contributed by atoms with van der Waals surface area (Å²) in [6, 6.07) is 11.8. The van der Waals surface area contributed by atoms with E-state index in [-0.39, 0.29) is 6.79 Å². The molecular formula is C18H12BrN3O2. The highest BCUT2D eigenvalue weighted by Gasteiger charge is 2.16. The number of halogens is 1. The van der Waals surface area contributed by atoms with Crippen molar-refractivity contribution in [3.63, 3.8) is 0 Å². The third-order valence-electron chi connectivity index (χ3n) is 3.80. The molecule has 0 amide bonds. The molecule has 1 N–H and O–H groups in total. The van der Waals surface area contributed by atoms with E-state index in [1.807, 2.05) is 37.3 Å². The minimum absolute atomic E-state index is 0.211. The number of aromatic nitrogens is 2. The zero-order chi connectivity index (χ0) is 16.7. The summed E-state index contributed by atoms with van der Waals surface area (Å²) in [5.74, 6) is 1.90. The maximum absolute atomic E-state index is 9.56. The smallest absolute Gasteiger partial charge is 0.231 e. The van der Waals surface area contributed by atoms with Gasteiger partial charge in [-0.25, -0.2) is 4.98 Å². The number of rotatable bonds is 2. The van der Waals surface area contributed by atoms with E-state index in [0.717, 1.165) is 26.6 Å². The number of ether oxygens (including phenoxy) is 2. The molecular weight excluding hydrogens is 370 g/mol. The molecule has 2 heterocycles. The molecule has 0 atom stereocenters. The fourth-order valence-electron chi connectivity index (χ4n) is 2.60. The molecule has 1 aromatic heterocycles. The van der Waals surface area contributed by atoms with Crippen LogP contribution in [0.15, 0.2) is 34.8 Å². The van der Waals surface area contributed by atoms with Crippen molar-refractivity contribution in [2.75, 3.05) is 6.79 Å². The number of nitrogens with one attached hydrogen (secondary N) is 1. The Balaban J connectivity index is 1.80. The third kappa shape index (κ3) is 2.53. The van der Waals surface area contributed by atoms with E-state index < -0.39 is 0 Å². The summed E-state index contributed by atoms with van der Waals surface area (Å²) in [5, 5.41) is 9.56. The van der Waals surface area contributed by atoms with Gasteiger partial charge < -0.3 is 14.5 Å². The topological polar surface area (TPSA) is 70.9 Å². The minimum Gasteiger partial charge on any atom is -0.454 e. The summed E-state index contributed by atoms with van der Waals surface area (Å²) in [6.07, 6.45) is 1.77. The van der Waals surface area contributed by atoms with Gasteiger partial charge in [-0.3, -0.25) is 0 Å². The van der Waals surface area contributed by atoms with Gasteiger partial charge in [-0.15, -0.1) is 0 Å². The van der Waals surface area contributed by atoms with E-state index in [2.05, 4.69) is 32.0 Å². The molecule has 0 fully saturated rings. The van der Waals surface area contributed by atoms with Gasteiger partial charge in [0, 0.05) is 4.47 Å². The lowest BCUT2D eigenvalue weighted by molar-refractivity contribution is 0.174. The summed E-state index contributed by atoms with van der Waals surface area (Å²) >= 11 is 3.50. The van der Waals surface area contributed by atoms with Crippen LogP contribution in [0.4, 0.5) is 0 Å². The molecule has 0 bridgehead atoms. The standard InChI is InChI=1S/C18H12BrN3O2/c1-10-2-3-14-15(4-10)22-18(21-14)12(8-20)5-11-6-16-17(7-13(11)19)24-9-23-16/h2-7H,9H2,1H3,(H,21,22)/b12-5+. The van der Waals surface area contributed by atoms with Crippen LogP contribution in [0.1, 0.15) is 17.0 Å². The molecule has 1 aliphatic heterocycles. The average molecular weight is 382 g/mol. The first-order valence-electron chi connectivity index (χ1n) is 7.32. The lowest BCUT2D eigenvalue weighted by Crippen LogP contribution is -1.92. The summed E-state index contributed by atoms with van der Waals surface area (Å²) in [5.41, 5.74) is 4.16. The zero-order valence-corrected chi connectivity index (χ0v) is 14.3. The Labute approximate surface area is 146 Å². The molecule has 0 radical (unpaired) electrons. The third-order valence-corrected chi connectivity index (χ3v) is 4.49. The second-order valence-electron chi connectivity index (χ2n) is 5.50. The van der Waals surface area contributed by atoms with Gasteiger partial charge >= 0.3 is 0 Å². The van der Waals surface area contributed by atoms with Crippen molar-refractivity contribution in [1.29, 1.82) is 5.26 Å². The largest absolute Gasteiger partial charge is 0.454 e. The molecule has 0 aliphatic carbocycles. The fourth-order valence-corrected chi connectivity index (χ4v) is 3.04. The number of allylic oxidation sites excluding steroid dienone is 1. The highest BCUT2D eigenvalue weighted by Crippen LogP contribution is 2.38. The monoisotopic (exact) mass is 381 g/mol. The Kier molecular flexibility index (Phi) is 3.51.